The van der Waals surface area contributed by atoms with Gasteiger partial charge in [-0.2, -0.15) is 5.10 Å². The van der Waals surface area contributed by atoms with E-state index in [-0.39, 0.29) is 18.2 Å². The number of aromatic nitrogens is 4. The van der Waals surface area contributed by atoms with Crippen molar-refractivity contribution >= 4 is 39.9 Å². The second-order valence-corrected chi connectivity index (χ2v) is 9.99. The molecular weight excluding hydrogens is 501 g/mol. The fourth-order valence-corrected chi connectivity index (χ4v) is 5.37. The molecule has 2 aromatic carbocycles. The van der Waals surface area contributed by atoms with Gasteiger partial charge in [-0.25, -0.2) is 14.4 Å². The van der Waals surface area contributed by atoms with E-state index < -0.39 is 5.82 Å². The normalized spacial score (nSPS) is 18.5. The highest BCUT2D eigenvalue weighted by atomic mass is 19.1. The zero-order chi connectivity index (χ0) is 26.8. The van der Waals surface area contributed by atoms with Crippen LogP contribution in [0.5, 0.6) is 5.75 Å². The summed E-state index contributed by atoms with van der Waals surface area (Å²) in [6.07, 6.45) is 4.14. The molecule has 2 atom stereocenters. The Morgan fingerprint density at radius 1 is 1.18 bits per heavy atom. The molecule has 39 heavy (non-hydrogen) atoms. The van der Waals surface area contributed by atoms with Gasteiger partial charge < -0.3 is 15.4 Å². The lowest BCUT2D eigenvalue weighted by Gasteiger charge is -2.25. The molecular formula is C28H28FN7O3. The van der Waals surface area contributed by atoms with E-state index in [9.17, 15) is 14.0 Å². The molecule has 4 aromatic rings. The van der Waals surface area contributed by atoms with Crippen LogP contribution in [0.4, 0.5) is 21.7 Å². The number of rotatable bonds is 10. The maximum atomic E-state index is 13.3. The van der Waals surface area contributed by atoms with E-state index in [4.69, 9.17) is 4.74 Å². The lowest BCUT2D eigenvalue weighted by molar-refractivity contribution is -0.122. The summed E-state index contributed by atoms with van der Waals surface area (Å²) in [6, 6.07) is 13.6. The first-order valence-electron chi connectivity index (χ1n) is 13.0. The number of H-pyrrole nitrogens is 1. The molecule has 1 saturated heterocycles. The van der Waals surface area contributed by atoms with Crippen molar-refractivity contribution in [2.24, 2.45) is 5.92 Å². The topological polar surface area (TPSA) is 125 Å². The Morgan fingerprint density at radius 3 is 2.92 bits per heavy atom. The van der Waals surface area contributed by atoms with Gasteiger partial charge in [-0.1, -0.05) is 6.07 Å². The maximum Gasteiger partial charge on any atom is 0.230 e. The molecule has 1 aliphatic carbocycles. The zero-order valence-electron chi connectivity index (χ0n) is 21.2. The Labute approximate surface area is 224 Å². The summed E-state index contributed by atoms with van der Waals surface area (Å²) >= 11 is 0. The van der Waals surface area contributed by atoms with Gasteiger partial charge in [0.15, 0.2) is 5.82 Å². The number of piperidine rings is 1. The van der Waals surface area contributed by atoms with Crippen LogP contribution in [-0.4, -0.2) is 62.5 Å². The number of ether oxygens (including phenoxy) is 1. The molecule has 200 valence electrons. The van der Waals surface area contributed by atoms with E-state index >= 15 is 0 Å². The average Bonchev–Trinajstić information content (AvgIpc) is 3.62. The van der Waals surface area contributed by atoms with Crippen molar-refractivity contribution in [3.63, 3.8) is 0 Å². The Hall–Kier alpha value is -4.38. The van der Waals surface area contributed by atoms with Crippen molar-refractivity contribution in [3.05, 3.63) is 66.4 Å². The molecule has 1 amide bonds. The molecule has 2 aliphatic rings. The summed E-state index contributed by atoms with van der Waals surface area (Å²) < 4.78 is 19.3. The highest BCUT2D eigenvalue weighted by Crippen LogP contribution is 2.34. The third-order valence-electron chi connectivity index (χ3n) is 7.22. The van der Waals surface area contributed by atoms with Gasteiger partial charge in [0.2, 0.25) is 5.91 Å². The second kappa shape index (κ2) is 10.8. The number of benzene rings is 2. The van der Waals surface area contributed by atoms with Crippen LogP contribution in [0.2, 0.25) is 0 Å². The van der Waals surface area contributed by atoms with Crippen LogP contribution in [0, 0.1) is 11.7 Å². The van der Waals surface area contributed by atoms with Crippen LogP contribution in [-0.2, 0) is 16.0 Å². The Balaban J connectivity index is 1.02. The van der Waals surface area contributed by atoms with E-state index in [1.54, 1.807) is 12.1 Å². The molecule has 0 radical (unpaired) electrons. The number of hydrogen-bond acceptors (Lipinski definition) is 8. The van der Waals surface area contributed by atoms with E-state index in [0.717, 1.165) is 42.6 Å². The molecule has 0 spiro atoms. The minimum absolute atomic E-state index is 0.0491. The number of halogens is 1. The number of carbonyl (C=O) groups is 2. The summed E-state index contributed by atoms with van der Waals surface area (Å²) in [5.74, 6) is 1.78. The largest absolute Gasteiger partial charge is 0.493 e. The number of hydrogen-bond donors (Lipinski definition) is 3. The Kier molecular flexibility index (Phi) is 6.89. The molecule has 3 N–H and O–H groups in total. The molecule has 1 aliphatic heterocycles. The van der Waals surface area contributed by atoms with Gasteiger partial charge in [0.1, 0.15) is 29.5 Å². The smallest absolute Gasteiger partial charge is 0.230 e. The third kappa shape index (κ3) is 5.73. The number of anilines is 3. The van der Waals surface area contributed by atoms with Crippen molar-refractivity contribution < 1.29 is 18.7 Å². The van der Waals surface area contributed by atoms with Crippen LogP contribution in [0.15, 0.2) is 54.9 Å². The third-order valence-corrected chi connectivity index (χ3v) is 7.22. The van der Waals surface area contributed by atoms with Crippen LogP contribution < -0.4 is 15.4 Å². The number of likely N-dealkylation sites (tertiary alicyclic amines) is 1. The van der Waals surface area contributed by atoms with Crippen LogP contribution in [0.3, 0.4) is 0 Å². The van der Waals surface area contributed by atoms with E-state index in [1.165, 1.54) is 24.5 Å². The number of carbonyl (C=O) groups excluding carboxylic acids is 2. The Bertz CT molecular complexity index is 1520. The van der Waals surface area contributed by atoms with Crippen molar-refractivity contribution in [2.45, 2.75) is 31.7 Å². The van der Waals surface area contributed by atoms with Gasteiger partial charge in [0.05, 0.1) is 18.5 Å². The van der Waals surface area contributed by atoms with Gasteiger partial charge in [-0.05, 0) is 43.2 Å². The molecule has 2 bridgehead atoms. The standard InChI is InChI=1S/C28H28FN7O3/c29-18-3-1-4-19(10-18)32-27(38)12-20-11-26(35-34-20)33-28-23-6-5-22(14-24(23)30-16-31-28)39-8-2-7-36-15-17-9-21(36)13-25(17)37/h1,3-6,10-11,14,16-17,21H,2,7-9,12-13,15H2,(H,32,38)(H2,30,31,33,34,35). The van der Waals surface area contributed by atoms with Gasteiger partial charge in [-0.3, -0.25) is 19.6 Å². The van der Waals surface area contributed by atoms with Gasteiger partial charge >= 0.3 is 0 Å². The molecule has 11 heteroatoms. The van der Waals surface area contributed by atoms with E-state index in [2.05, 4.69) is 35.7 Å². The summed E-state index contributed by atoms with van der Waals surface area (Å²) in [6.45, 7) is 2.43. The van der Waals surface area contributed by atoms with Gasteiger partial charge in [0.25, 0.3) is 0 Å². The van der Waals surface area contributed by atoms with Crippen LogP contribution in [0.25, 0.3) is 10.9 Å². The summed E-state index contributed by atoms with van der Waals surface area (Å²) in [7, 11) is 0. The fraction of sp³-hybridized carbons (Fsp3) is 0.321. The molecule has 10 nitrogen and oxygen atoms in total. The van der Waals surface area contributed by atoms with Crippen LogP contribution >= 0.6 is 0 Å². The molecule has 1 saturated carbocycles. The molecule has 2 aromatic heterocycles. The lowest BCUT2D eigenvalue weighted by Crippen LogP contribution is -2.36. The number of ketones is 1. The van der Waals surface area contributed by atoms with Crippen LogP contribution in [0.1, 0.15) is 25.0 Å². The van der Waals surface area contributed by atoms with E-state index in [1.807, 2.05) is 18.2 Å². The first kappa shape index (κ1) is 24.9. The molecule has 2 unspecified atom stereocenters. The minimum Gasteiger partial charge on any atom is -0.493 e. The van der Waals surface area contributed by atoms with Crippen molar-refractivity contribution in [1.82, 2.24) is 25.1 Å². The average molecular weight is 530 g/mol. The summed E-state index contributed by atoms with van der Waals surface area (Å²) in [5.41, 5.74) is 1.71. The number of nitrogens with one attached hydrogen (secondary N) is 3. The quantitative estimate of drug-likeness (QED) is 0.265. The van der Waals surface area contributed by atoms with Crippen molar-refractivity contribution in [2.75, 3.05) is 30.3 Å². The second-order valence-electron chi connectivity index (χ2n) is 9.99. The predicted octanol–water partition coefficient (Wildman–Crippen LogP) is 3.85. The highest BCUT2D eigenvalue weighted by molar-refractivity contribution is 5.93. The van der Waals surface area contributed by atoms with E-state index in [0.29, 0.717) is 47.9 Å². The number of Topliss-reactive ketones (excluding diaryl/α,β-unsaturated/α-hetero) is 1. The molecule has 6 rings (SSSR count). The first-order chi connectivity index (χ1) is 19.0. The first-order valence-corrected chi connectivity index (χ1v) is 13.0. The monoisotopic (exact) mass is 529 g/mol. The number of fused-ring (bicyclic) bond motifs is 3. The number of amides is 1. The predicted molar refractivity (Wildman–Crippen MR) is 143 cm³/mol. The number of nitrogens with zero attached hydrogens (tertiary/aromatic N) is 4. The molecule has 2 fully saturated rings. The Morgan fingerprint density at radius 2 is 2.10 bits per heavy atom. The van der Waals surface area contributed by atoms with Crippen molar-refractivity contribution in [3.8, 4) is 5.75 Å². The summed E-state index contributed by atoms with van der Waals surface area (Å²) in [4.78, 5) is 35.2. The lowest BCUT2D eigenvalue weighted by atomic mass is 10.1. The SMILES string of the molecule is O=C(Cc1cc(Nc2ncnc3cc(OCCCN4CC5CC4CC5=O)ccc23)n[nH]1)Nc1cccc(F)c1. The van der Waals surface area contributed by atoms with Gasteiger partial charge in [-0.15, -0.1) is 0 Å². The summed E-state index contributed by atoms with van der Waals surface area (Å²) in [5, 5.41) is 13.7. The van der Waals surface area contributed by atoms with Crippen molar-refractivity contribution in [1.29, 1.82) is 0 Å². The zero-order valence-corrected chi connectivity index (χ0v) is 21.2. The minimum atomic E-state index is -0.416. The van der Waals surface area contributed by atoms with Gasteiger partial charge in [0, 0.05) is 60.4 Å². The highest BCUT2D eigenvalue weighted by Gasteiger charge is 2.43. The number of aromatic amines is 1. The maximum absolute atomic E-state index is 13.3. The fourth-order valence-electron chi connectivity index (χ4n) is 5.37. The molecule has 3 heterocycles.